The van der Waals surface area contributed by atoms with Gasteiger partial charge in [-0.3, -0.25) is 0 Å². The number of aliphatic hydroxyl groups excluding tert-OH is 1. The van der Waals surface area contributed by atoms with Gasteiger partial charge < -0.3 is 10.8 Å². The van der Waals surface area contributed by atoms with E-state index in [-0.39, 0.29) is 12.1 Å². The van der Waals surface area contributed by atoms with Crippen LogP contribution >= 0.6 is 0 Å². The Kier molecular flexibility index (Phi) is 11.9. The molecule has 0 aromatic rings. The van der Waals surface area contributed by atoms with Gasteiger partial charge in [0.1, 0.15) is 0 Å². The van der Waals surface area contributed by atoms with Crippen LogP contribution in [0.15, 0.2) is 0 Å². The van der Waals surface area contributed by atoms with Crippen LogP contribution in [-0.4, -0.2) is 17.3 Å². The van der Waals surface area contributed by atoms with Crippen LogP contribution in [0.3, 0.4) is 0 Å². The van der Waals surface area contributed by atoms with Crippen molar-refractivity contribution in [3.63, 3.8) is 0 Å². The number of rotatable bonds is 13. The smallest absolute Gasteiger partial charge is 0.0611 e. The molecule has 0 amide bonds. The van der Waals surface area contributed by atoms with Gasteiger partial charge in [0, 0.05) is 5.54 Å². The summed E-state index contributed by atoms with van der Waals surface area (Å²) >= 11 is 0. The van der Waals surface area contributed by atoms with Gasteiger partial charge in [0.25, 0.3) is 0 Å². The van der Waals surface area contributed by atoms with Crippen molar-refractivity contribution in [2.45, 2.75) is 96.4 Å². The molecule has 0 rings (SSSR count). The maximum absolute atomic E-state index is 9.31. The fraction of sp³-hybridized carbons (Fsp3) is 1.00. The Hall–Kier alpha value is -0.0800. The van der Waals surface area contributed by atoms with Gasteiger partial charge in [-0.25, -0.2) is 0 Å². The van der Waals surface area contributed by atoms with Crippen LogP contribution < -0.4 is 5.73 Å². The van der Waals surface area contributed by atoms with Crippen molar-refractivity contribution in [2.24, 2.45) is 5.73 Å². The van der Waals surface area contributed by atoms with Crippen molar-refractivity contribution < 1.29 is 5.11 Å². The van der Waals surface area contributed by atoms with Crippen LogP contribution in [0.4, 0.5) is 0 Å². The van der Waals surface area contributed by atoms with Gasteiger partial charge in [-0.15, -0.1) is 0 Å². The molecule has 18 heavy (non-hydrogen) atoms. The molecule has 3 N–H and O–H groups in total. The Labute approximate surface area is 114 Å². The van der Waals surface area contributed by atoms with E-state index in [1.807, 2.05) is 0 Å². The molecule has 0 bridgehead atoms. The molecule has 0 spiro atoms. The minimum atomic E-state index is -0.310. The van der Waals surface area contributed by atoms with Gasteiger partial charge in [-0.2, -0.15) is 0 Å². The summed E-state index contributed by atoms with van der Waals surface area (Å²) in [5.41, 5.74) is 5.84. The van der Waals surface area contributed by atoms with Crippen molar-refractivity contribution in [2.75, 3.05) is 6.61 Å². The molecule has 0 fully saturated rings. The number of unbranched alkanes of at least 4 members (excludes halogenated alkanes) is 8. The average Bonchev–Trinajstić information content (AvgIpc) is 2.37. The summed E-state index contributed by atoms with van der Waals surface area (Å²) in [6.07, 6.45) is 15.1. The number of nitrogens with two attached hydrogens (primary N) is 1. The highest BCUT2D eigenvalue weighted by Gasteiger charge is 2.21. The molecule has 0 saturated heterocycles. The number of hydrogen-bond acceptors (Lipinski definition) is 2. The van der Waals surface area contributed by atoms with Crippen molar-refractivity contribution in [1.82, 2.24) is 0 Å². The van der Waals surface area contributed by atoms with E-state index in [9.17, 15) is 5.11 Å². The van der Waals surface area contributed by atoms with E-state index in [1.54, 1.807) is 0 Å². The lowest BCUT2D eigenvalue weighted by Crippen LogP contribution is -2.43. The second-order valence-electron chi connectivity index (χ2n) is 5.85. The largest absolute Gasteiger partial charge is 0.394 e. The molecule has 2 nitrogen and oxygen atoms in total. The monoisotopic (exact) mass is 257 g/mol. The van der Waals surface area contributed by atoms with Crippen LogP contribution in [0.5, 0.6) is 0 Å². The summed E-state index contributed by atoms with van der Waals surface area (Å²) in [5.74, 6) is 0. The second-order valence-corrected chi connectivity index (χ2v) is 5.85. The first-order chi connectivity index (χ1) is 8.68. The predicted molar refractivity (Wildman–Crippen MR) is 80.8 cm³/mol. The van der Waals surface area contributed by atoms with Crippen LogP contribution in [0.25, 0.3) is 0 Å². The zero-order valence-electron chi connectivity index (χ0n) is 12.7. The molecule has 0 aromatic carbocycles. The molecule has 2 heteroatoms. The third-order valence-electron chi connectivity index (χ3n) is 3.84. The first-order valence-corrected chi connectivity index (χ1v) is 8.08. The molecule has 1 atom stereocenters. The highest BCUT2D eigenvalue weighted by molar-refractivity contribution is 4.82. The molecule has 0 heterocycles. The normalized spacial score (nSPS) is 14.7. The van der Waals surface area contributed by atoms with E-state index in [1.165, 1.54) is 57.8 Å². The predicted octanol–water partition coefficient (Wildman–Crippen LogP) is 4.40. The lowest BCUT2D eigenvalue weighted by atomic mass is 9.89. The second kappa shape index (κ2) is 12.0. The Morgan fingerprint density at radius 2 is 1.22 bits per heavy atom. The highest BCUT2D eigenvalue weighted by Crippen LogP contribution is 2.18. The molecule has 0 aliphatic carbocycles. The number of hydrogen-bond donors (Lipinski definition) is 2. The first kappa shape index (κ1) is 17.9. The molecule has 0 aliphatic heterocycles. The van der Waals surface area contributed by atoms with E-state index < -0.39 is 0 Å². The quantitative estimate of drug-likeness (QED) is 0.480. The van der Waals surface area contributed by atoms with Crippen LogP contribution in [0, 0.1) is 0 Å². The third kappa shape index (κ3) is 9.90. The average molecular weight is 257 g/mol. The molecule has 0 aliphatic rings. The molecular weight excluding hydrogens is 222 g/mol. The lowest BCUT2D eigenvalue weighted by Gasteiger charge is -2.26. The van der Waals surface area contributed by atoms with Crippen molar-refractivity contribution >= 4 is 0 Å². The summed E-state index contributed by atoms with van der Waals surface area (Å²) in [4.78, 5) is 0. The lowest BCUT2D eigenvalue weighted by molar-refractivity contribution is 0.174. The van der Waals surface area contributed by atoms with Crippen LogP contribution in [0.2, 0.25) is 0 Å². The Morgan fingerprint density at radius 1 is 0.722 bits per heavy atom. The summed E-state index contributed by atoms with van der Waals surface area (Å²) in [6, 6.07) is 0. The highest BCUT2D eigenvalue weighted by atomic mass is 16.3. The van der Waals surface area contributed by atoms with E-state index in [0.29, 0.717) is 0 Å². The van der Waals surface area contributed by atoms with Crippen LogP contribution in [-0.2, 0) is 0 Å². The van der Waals surface area contributed by atoms with Crippen molar-refractivity contribution in [3.05, 3.63) is 0 Å². The molecule has 1 unspecified atom stereocenters. The fourth-order valence-corrected chi connectivity index (χ4v) is 2.57. The van der Waals surface area contributed by atoms with E-state index in [2.05, 4.69) is 13.8 Å². The van der Waals surface area contributed by atoms with Gasteiger partial charge in [-0.05, 0) is 12.8 Å². The number of aliphatic hydroxyl groups is 1. The Bertz CT molecular complexity index is 172. The molecule has 110 valence electrons. The minimum absolute atomic E-state index is 0.137. The fourth-order valence-electron chi connectivity index (χ4n) is 2.57. The Balaban J connectivity index is 3.33. The van der Waals surface area contributed by atoms with Crippen molar-refractivity contribution in [3.8, 4) is 0 Å². The standard InChI is InChI=1S/C16H35NO/c1-3-5-6-7-8-9-10-11-12-14-16(17,15-18)13-4-2/h18H,3-15,17H2,1-2H3. The van der Waals surface area contributed by atoms with Gasteiger partial charge in [0.2, 0.25) is 0 Å². The zero-order chi connectivity index (χ0) is 13.7. The Morgan fingerprint density at radius 3 is 1.67 bits per heavy atom. The van der Waals surface area contributed by atoms with Crippen molar-refractivity contribution in [1.29, 1.82) is 0 Å². The van der Waals surface area contributed by atoms with Gasteiger partial charge in [-0.1, -0.05) is 78.1 Å². The maximum atomic E-state index is 9.31. The first-order valence-electron chi connectivity index (χ1n) is 8.08. The summed E-state index contributed by atoms with van der Waals surface area (Å²) in [5, 5.41) is 9.31. The minimum Gasteiger partial charge on any atom is -0.394 e. The zero-order valence-corrected chi connectivity index (χ0v) is 12.7. The summed E-state index contributed by atoms with van der Waals surface area (Å²) in [7, 11) is 0. The third-order valence-corrected chi connectivity index (χ3v) is 3.84. The van der Waals surface area contributed by atoms with E-state index >= 15 is 0 Å². The molecular formula is C16H35NO. The summed E-state index contributed by atoms with van der Waals surface area (Å²) < 4.78 is 0. The molecule has 0 radical (unpaired) electrons. The topological polar surface area (TPSA) is 46.2 Å². The SMILES string of the molecule is CCCCCCCCCCCC(N)(CO)CCC. The van der Waals surface area contributed by atoms with E-state index in [4.69, 9.17) is 5.73 Å². The molecule has 0 aromatic heterocycles. The van der Waals surface area contributed by atoms with Gasteiger partial charge >= 0.3 is 0 Å². The summed E-state index contributed by atoms with van der Waals surface area (Å²) in [6.45, 7) is 4.53. The van der Waals surface area contributed by atoms with Gasteiger partial charge in [0.15, 0.2) is 0 Å². The maximum Gasteiger partial charge on any atom is 0.0611 e. The van der Waals surface area contributed by atoms with Gasteiger partial charge in [0.05, 0.1) is 6.61 Å². The van der Waals surface area contributed by atoms with Crippen LogP contribution in [0.1, 0.15) is 90.9 Å². The molecule has 0 saturated carbocycles. The van der Waals surface area contributed by atoms with E-state index in [0.717, 1.165) is 19.3 Å².